The van der Waals surface area contributed by atoms with E-state index in [2.05, 4.69) is 10.3 Å². The quantitative estimate of drug-likeness (QED) is 0.527. The lowest BCUT2D eigenvalue weighted by Gasteiger charge is -2.08. The van der Waals surface area contributed by atoms with Gasteiger partial charge in [-0.3, -0.25) is 4.79 Å². The van der Waals surface area contributed by atoms with Crippen molar-refractivity contribution in [1.82, 2.24) is 10.3 Å². The Balaban J connectivity index is 1.34. The molecule has 0 unspecified atom stereocenters. The van der Waals surface area contributed by atoms with Gasteiger partial charge in [0.15, 0.2) is 0 Å². The van der Waals surface area contributed by atoms with Crippen LogP contribution < -0.4 is 10.1 Å². The number of nitrogens with one attached hydrogen (secondary N) is 1. The minimum Gasteiger partial charge on any atom is -0.487 e. The fourth-order valence-electron chi connectivity index (χ4n) is 2.73. The van der Waals surface area contributed by atoms with Crippen LogP contribution in [0.4, 0.5) is 0 Å². The van der Waals surface area contributed by atoms with Crippen LogP contribution in [0.2, 0.25) is 0 Å². The monoisotopic (exact) mass is 374 g/mol. The molecule has 1 N–H and O–H groups in total. The molecular weight excluding hydrogens is 356 g/mol. The number of nitrogens with zero attached hydrogens (tertiary/aromatic N) is 1. The molecule has 2 heterocycles. The Morgan fingerprint density at radius 3 is 2.63 bits per heavy atom. The summed E-state index contributed by atoms with van der Waals surface area (Å²) in [5.41, 5.74) is 2.44. The first kappa shape index (κ1) is 17.2. The van der Waals surface area contributed by atoms with Gasteiger partial charge in [-0.1, -0.05) is 30.3 Å². The second kappa shape index (κ2) is 8.01. The number of carbonyl (C=O) groups excluding carboxylic acids is 1. The molecule has 0 aliphatic rings. The molecule has 0 atom stereocenters. The van der Waals surface area contributed by atoms with Gasteiger partial charge in [0, 0.05) is 15.8 Å². The fourth-order valence-corrected chi connectivity index (χ4v) is 3.38. The Kier molecular flexibility index (Phi) is 5.12. The number of fused-ring (bicyclic) bond motifs is 1. The lowest BCUT2D eigenvalue weighted by Crippen LogP contribution is -2.22. The maximum atomic E-state index is 12.2. The van der Waals surface area contributed by atoms with Gasteiger partial charge in [-0.25, -0.2) is 4.98 Å². The molecule has 0 fully saturated rings. The highest BCUT2D eigenvalue weighted by Crippen LogP contribution is 2.16. The molecule has 1 amide bonds. The van der Waals surface area contributed by atoms with Gasteiger partial charge in [0.25, 0.3) is 5.91 Å². The number of aromatic nitrogens is 1. The van der Waals surface area contributed by atoms with Crippen LogP contribution in [0.15, 0.2) is 78.2 Å². The van der Waals surface area contributed by atoms with Crippen molar-refractivity contribution in [3.05, 3.63) is 94.3 Å². The van der Waals surface area contributed by atoms with Crippen LogP contribution in [0.5, 0.6) is 5.75 Å². The highest BCUT2D eigenvalue weighted by molar-refractivity contribution is 7.09. The molecule has 4 nitrogen and oxygen atoms in total. The van der Waals surface area contributed by atoms with Crippen LogP contribution in [0.1, 0.15) is 20.9 Å². The van der Waals surface area contributed by atoms with Gasteiger partial charge in [0.1, 0.15) is 12.4 Å². The number of hydrogen-bond acceptors (Lipinski definition) is 4. The molecule has 5 heteroatoms. The highest BCUT2D eigenvalue weighted by Gasteiger charge is 2.06. The van der Waals surface area contributed by atoms with Crippen molar-refractivity contribution in [2.75, 3.05) is 0 Å². The second-order valence-corrected chi connectivity index (χ2v) is 7.10. The minimum absolute atomic E-state index is 0.0915. The summed E-state index contributed by atoms with van der Waals surface area (Å²) in [6.45, 7) is 0.928. The van der Waals surface area contributed by atoms with Crippen LogP contribution in [-0.2, 0) is 13.2 Å². The molecule has 0 saturated carbocycles. The number of hydrogen-bond donors (Lipinski definition) is 1. The van der Waals surface area contributed by atoms with Crippen molar-refractivity contribution in [3.63, 3.8) is 0 Å². The Hall–Kier alpha value is -3.18. The fraction of sp³-hybridized carbons (Fsp3) is 0.0909. The number of thiophene rings is 1. The van der Waals surface area contributed by atoms with Gasteiger partial charge in [0.2, 0.25) is 0 Å². The van der Waals surface area contributed by atoms with E-state index in [-0.39, 0.29) is 5.91 Å². The molecule has 0 spiro atoms. The molecule has 27 heavy (non-hydrogen) atoms. The largest absolute Gasteiger partial charge is 0.487 e. The standard InChI is InChI=1S/C22H18N2O2S/c25-22(23-14-20-5-3-13-27-20)17-8-11-19(12-9-17)26-15-18-10-7-16-4-1-2-6-21(16)24-18/h1-13H,14-15H2,(H,23,25). The lowest BCUT2D eigenvalue weighted by molar-refractivity contribution is 0.0951. The number of carbonyl (C=O) groups is 1. The first-order valence-electron chi connectivity index (χ1n) is 8.66. The average Bonchev–Trinajstić information content (AvgIpc) is 3.24. The van der Waals surface area contributed by atoms with E-state index in [9.17, 15) is 4.79 Å². The predicted molar refractivity (Wildman–Crippen MR) is 108 cm³/mol. The molecule has 2 aromatic carbocycles. The smallest absolute Gasteiger partial charge is 0.251 e. The topological polar surface area (TPSA) is 51.2 Å². The maximum Gasteiger partial charge on any atom is 0.251 e. The Labute approximate surface area is 161 Å². The number of rotatable bonds is 6. The van der Waals surface area contributed by atoms with E-state index in [1.807, 2.05) is 53.9 Å². The zero-order valence-corrected chi connectivity index (χ0v) is 15.4. The summed E-state index contributed by atoms with van der Waals surface area (Å²) in [7, 11) is 0. The summed E-state index contributed by atoms with van der Waals surface area (Å²) in [5.74, 6) is 0.617. The molecule has 0 radical (unpaired) electrons. The third-order valence-corrected chi connectivity index (χ3v) is 5.04. The first-order valence-corrected chi connectivity index (χ1v) is 9.54. The SMILES string of the molecule is O=C(NCc1cccs1)c1ccc(OCc2ccc3ccccc3n2)cc1. The number of pyridine rings is 1. The number of amides is 1. The van der Waals surface area contributed by atoms with Crippen LogP contribution >= 0.6 is 11.3 Å². The Morgan fingerprint density at radius 1 is 0.963 bits per heavy atom. The number of para-hydroxylation sites is 1. The van der Waals surface area contributed by atoms with E-state index in [1.165, 1.54) is 0 Å². The summed E-state index contributed by atoms with van der Waals surface area (Å²) in [6, 6.07) is 23.1. The third kappa shape index (κ3) is 4.33. The Morgan fingerprint density at radius 2 is 1.81 bits per heavy atom. The van der Waals surface area contributed by atoms with Crippen molar-refractivity contribution < 1.29 is 9.53 Å². The zero-order valence-electron chi connectivity index (χ0n) is 14.6. The van der Waals surface area contributed by atoms with Crippen LogP contribution in [0, 0.1) is 0 Å². The molecule has 0 bridgehead atoms. The maximum absolute atomic E-state index is 12.2. The van der Waals surface area contributed by atoms with Gasteiger partial charge in [-0.2, -0.15) is 0 Å². The van der Waals surface area contributed by atoms with Gasteiger partial charge in [-0.15, -0.1) is 11.3 Å². The van der Waals surface area contributed by atoms with Crippen LogP contribution in [0.25, 0.3) is 10.9 Å². The zero-order chi connectivity index (χ0) is 18.5. The summed E-state index contributed by atoms with van der Waals surface area (Å²) < 4.78 is 5.80. The van der Waals surface area contributed by atoms with Crippen molar-refractivity contribution in [2.45, 2.75) is 13.2 Å². The minimum atomic E-state index is -0.0915. The van der Waals surface area contributed by atoms with Gasteiger partial charge in [0.05, 0.1) is 17.8 Å². The van der Waals surface area contributed by atoms with Crippen molar-refractivity contribution in [2.24, 2.45) is 0 Å². The van der Waals surface area contributed by atoms with Crippen molar-refractivity contribution in [1.29, 1.82) is 0 Å². The average molecular weight is 374 g/mol. The van der Waals surface area contributed by atoms with E-state index in [1.54, 1.807) is 35.6 Å². The Bertz CT molecular complexity index is 1040. The normalized spacial score (nSPS) is 10.7. The summed E-state index contributed by atoms with van der Waals surface area (Å²) >= 11 is 1.63. The summed E-state index contributed by atoms with van der Waals surface area (Å²) in [4.78, 5) is 17.9. The molecule has 0 aliphatic heterocycles. The third-order valence-electron chi connectivity index (χ3n) is 4.16. The van der Waals surface area contributed by atoms with E-state index in [4.69, 9.17) is 4.74 Å². The van der Waals surface area contributed by atoms with E-state index < -0.39 is 0 Å². The van der Waals surface area contributed by atoms with Crippen molar-refractivity contribution in [3.8, 4) is 5.75 Å². The molecule has 0 aliphatic carbocycles. The predicted octanol–water partition coefficient (Wildman–Crippen LogP) is 4.81. The summed E-state index contributed by atoms with van der Waals surface area (Å²) in [6.07, 6.45) is 0. The number of benzene rings is 2. The van der Waals surface area contributed by atoms with Crippen molar-refractivity contribution >= 4 is 28.1 Å². The molecule has 4 rings (SSSR count). The van der Waals surface area contributed by atoms with Crippen LogP contribution in [0.3, 0.4) is 0 Å². The van der Waals surface area contributed by atoms with E-state index in [0.29, 0.717) is 24.5 Å². The highest BCUT2D eigenvalue weighted by atomic mass is 32.1. The van der Waals surface area contributed by atoms with Gasteiger partial charge in [-0.05, 0) is 47.8 Å². The molecular formula is C22H18N2O2S. The number of ether oxygens (including phenoxy) is 1. The van der Waals surface area contributed by atoms with E-state index >= 15 is 0 Å². The molecule has 4 aromatic rings. The van der Waals surface area contributed by atoms with Crippen LogP contribution in [-0.4, -0.2) is 10.9 Å². The van der Waals surface area contributed by atoms with E-state index in [0.717, 1.165) is 21.5 Å². The first-order chi connectivity index (χ1) is 13.3. The molecule has 134 valence electrons. The second-order valence-electron chi connectivity index (χ2n) is 6.07. The molecule has 2 aromatic heterocycles. The lowest BCUT2D eigenvalue weighted by atomic mass is 10.2. The summed E-state index contributed by atoms with van der Waals surface area (Å²) in [5, 5.41) is 6.02. The van der Waals surface area contributed by atoms with Gasteiger partial charge < -0.3 is 10.1 Å². The molecule has 0 saturated heterocycles. The van der Waals surface area contributed by atoms with Gasteiger partial charge >= 0.3 is 0 Å².